The average molecular weight is 255 g/mol. The molecule has 0 fully saturated rings. The third kappa shape index (κ3) is 2.08. The number of para-hydroxylation sites is 1. The Morgan fingerprint density at radius 1 is 1.42 bits per heavy atom. The second-order valence-corrected chi connectivity index (χ2v) is 4.29. The van der Waals surface area contributed by atoms with Gasteiger partial charge >= 0.3 is 0 Å². The summed E-state index contributed by atoms with van der Waals surface area (Å²) < 4.78 is 1.77. The summed E-state index contributed by atoms with van der Waals surface area (Å²) in [6.45, 7) is 0.354. The highest BCUT2D eigenvalue weighted by atomic mass is 16.1. The van der Waals surface area contributed by atoms with Gasteiger partial charge in [0, 0.05) is 18.6 Å². The minimum atomic E-state index is -0.129. The molecule has 96 valence electrons. The van der Waals surface area contributed by atoms with E-state index in [9.17, 15) is 4.79 Å². The van der Waals surface area contributed by atoms with Gasteiger partial charge in [-0.1, -0.05) is 12.1 Å². The summed E-state index contributed by atoms with van der Waals surface area (Å²) in [5.41, 5.74) is 1.47. The van der Waals surface area contributed by atoms with E-state index in [4.69, 9.17) is 0 Å². The SMILES string of the molecule is Cn1cnnc1CNC(=O)c1cccc2cc[nH]c12. The van der Waals surface area contributed by atoms with Crippen molar-refractivity contribution in [2.24, 2.45) is 7.05 Å². The van der Waals surface area contributed by atoms with Gasteiger partial charge < -0.3 is 14.9 Å². The Morgan fingerprint density at radius 2 is 2.32 bits per heavy atom. The first kappa shape index (κ1) is 11.5. The number of H-pyrrole nitrogens is 1. The van der Waals surface area contributed by atoms with Gasteiger partial charge in [-0.3, -0.25) is 4.79 Å². The molecule has 6 heteroatoms. The number of amides is 1. The number of carbonyl (C=O) groups is 1. The number of hydrogen-bond acceptors (Lipinski definition) is 3. The molecule has 0 spiro atoms. The van der Waals surface area contributed by atoms with Crippen molar-refractivity contribution in [3.05, 3.63) is 48.2 Å². The van der Waals surface area contributed by atoms with E-state index >= 15 is 0 Å². The number of aryl methyl sites for hydroxylation is 1. The zero-order valence-electron chi connectivity index (χ0n) is 10.4. The fourth-order valence-corrected chi connectivity index (χ4v) is 2.00. The van der Waals surface area contributed by atoms with Crippen LogP contribution in [0.1, 0.15) is 16.2 Å². The van der Waals surface area contributed by atoms with Gasteiger partial charge in [0.25, 0.3) is 5.91 Å². The van der Waals surface area contributed by atoms with Crippen LogP contribution in [0.25, 0.3) is 10.9 Å². The molecular formula is C13H13N5O. The summed E-state index contributed by atoms with van der Waals surface area (Å²) in [5, 5.41) is 11.6. The lowest BCUT2D eigenvalue weighted by Gasteiger charge is -2.05. The van der Waals surface area contributed by atoms with Crippen LogP contribution in [-0.2, 0) is 13.6 Å². The van der Waals surface area contributed by atoms with E-state index in [-0.39, 0.29) is 5.91 Å². The minimum Gasteiger partial charge on any atom is -0.361 e. The molecule has 19 heavy (non-hydrogen) atoms. The van der Waals surface area contributed by atoms with Crippen molar-refractivity contribution in [1.82, 2.24) is 25.1 Å². The molecule has 6 nitrogen and oxygen atoms in total. The topological polar surface area (TPSA) is 75.6 Å². The zero-order chi connectivity index (χ0) is 13.2. The Labute approximate surface area is 109 Å². The normalized spacial score (nSPS) is 10.8. The van der Waals surface area contributed by atoms with Crippen LogP contribution < -0.4 is 5.32 Å². The number of benzene rings is 1. The Morgan fingerprint density at radius 3 is 3.11 bits per heavy atom. The van der Waals surface area contributed by atoms with Crippen LogP contribution in [0.3, 0.4) is 0 Å². The average Bonchev–Trinajstić information content (AvgIpc) is 3.04. The number of nitrogens with zero attached hydrogens (tertiary/aromatic N) is 3. The van der Waals surface area contributed by atoms with E-state index in [0.717, 1.165) is 10.9 Å². The maximum atomic E-state index is 12.2. The van der Waals surface area contributed by atoms with Gasteiger partial charge in [0.15, 0.2) is 5.82 Å². The molecule has 0 radical (unpaired) electrons. The van der Waals surface area contributed by atoms with Gasteiger partial charge in [0.1, 0.15) is 6.33 Å². The number of aromatic nitrogens is 4. The van der Waals surface area contributed by atoms with E-state index in [1.807, 2.05) is 31.4 Å². The summed E-state index contributed by atoms with van der Waals surface area (Å²) in [6.07, 6.45) is 3.43. The highest BCUT2D eigenvalue weighted by Crippen LogP contribution is 2.16. The summed E-state index contributed by atoms with van der Waals surface area (Å²) in [7, 11) is 1.84. The number of nitrogens with one attached hydrogen (secondary N) is 2. The molecule has 2 aromatic heterocycles. The van der Waals surface area contributed by atoms with Crippen molar-refractivity contribution in [3.63, 3.8) is 0 Å². The largest absolute Gasteiger partial charge is 0.361 e. The summed E-state index contributed by atoms with van der Waals surface area (Å²) in [5.74, 6) is 0.586. The third-order valence-corrected chi connectivity index (χ3v) is 3.04. The predicted octanol–water partition coefficient (Wildman–Crippen LogP) is 1.23. The molecule has 0 bridgehead atoms. The first-order valence-electron chi connectivity index (χ1n) is 5.93. The van der Waals surface area contributed by atoms with Gasteiger partial charge in [-0.05, 0) is 12.1 Å². The summed E-state index contributed by atoms with van der Waals surface area (Å²) in [6, 6.07) is 7.57. The Kier molecular flexibility index (Phi) is 2.75. The molecule has 3 rings (SSSR count). The maximum absolute atomic E-state index is 12.2. The zero-order valence-corrected chi connectivity index (χ0v) is 10.4. The molecule has 1 amide bonds. The fourth-order valence-electron chi connectivity index (χ4n) is 2.00. The molecule has 0 aliphatic rings. The number of hydrogen-bond donors (Lipinski definition) is 2. The van der Waals surface area contributed by atoms with Gasteiger partial charge in [-0.2, -0.15) is 0 Å². The monoisotopic (exact) mass is 255 g/mol. The van der Waals surface area contributed by atoms with Crippen molar-refractivity contribution in [2.45, 2.75) is 6.54 Å². The molecule has 1 aromatic carbocycles. The molecule has 3 aromatic rings. The van der Waals surface area contributed by atoms with E-state index < -0.39 is 0 Å². The molecule has 0 aliphatic carbocycles. The molecule has 2 heterocycles. The lowest BCUT2D eigenvalue weighted by Crippen LogP contribution is -2.24. The minimum absolute atomic E-state index is 0.129. The van der Waals surface area contributed by atoms with Crippen molar-refractivity contribution in [2.75, 3.05) is 0 Å². The number of aromatic amines is 1. The fraction of sp³-hybridized carbons (Fsp3) is 0.154. The van der Waals surface area contributed by atoms with Gasteiger partial charge in [0.2, 0.25) is 0 Å². The number of rotatable bonds is 3. The molecular weight excluding hydrogens is 242 g/mol. The third-order valence-electron chi connectivity index (χ3n) is 3.04. The quantitative estimate of drug-likeness (QED) is 0.739. The van der Waals surface area contributed by atoms with Crippen LogP contribution in [-0.4, -0.2) is 25.7 Å². The highest BCUT2D eigenvalue weighted by Gasteiger charge is 2.11. The molecule has 0 atom stereocenters. The van der Waals surface area contributed by atoms with E-state index in [1.54, 1.807) is 17.0 Å². The van der Waals surface area contributed by atoms with Crippen LogP contribution >= 0.6 is 0 Å². The van der Waals surface area contributed by atoms with E-state index in [0.29, 0.717) is 17.9 Å². The van der Waals surface area contributed by atoms with Crippen molar-refractivity contribution in [1.29, 1.82) is 0 Å². The standard InChI is InChI=1S/C13H13N5O/c1-18-8-16-17-11(18)7-15-13(19)10-4-2-3-9-5-6-14-12(9)10/h2-6,8,14H,7H2,1H3,(H,15,19). The van der Waals surface area contributed by atoms with Crippen LogP contribution in [0.4, 0.5) is 0 Å². The smallest absolute Gasteiger partial charge is 0.253 e. The Hall–Kier alpha value is -2.63. The first-order valence-corrected chi connectivity index (χ1v) is 5.93. The van der Waals surface area contributed by atoms with Crippen LogP contribution in [0.2, 0.25) is 0 Å². The second kappa shape index (κ2) is 4.56. The Balaban J connectivity index is 1.81. The van der Waals surface area contributed by atoms with Crippen LogP contribution in [0, 0.1) is 0 Å². The van der Waals surface area contributed by atoms with Gasteiger partial charge in [0.05, 0.1) is 17.6 Å². The summed E-state index contributed by atoms with van der Waals surface area (Å²) in [4.78, 5) is 15.3. The lowest BCUT2D eigenvalue weighted by molar-refractivity contribution is 0.0951. The Bertz CT molecular complexity index is 727. The first-order chi connectivity index (χ1) is 9.25. The van der Waals surface area contributed by atoms with Crippen LogP contribution in [0.15, 0.2) is 36.8 Å². The molecule has 0 saturated carbocycles. The second-order valence-electron chi connectivity index (χ2n) is 4.29. The molecule has 2 N–H and O–H groups in total. The highest BCUT2D eigenvalue weighted by molar-refractivity contribution is 6.05. The predicted molar refractivity (Wildman–Crippen MR) is 70.5 cm³/mol. The number of carbonyl (C=O) groups excluding carboxylic acids is 1. The summed E-state index contributed by atoms with van der Waals surface area (Å²) >= 11 is 0. The maximum Gasteiger partial charge on any atom is 0.253 e. The van der Waals surface area contributed by atoms with Crippen molar-refractivity contribution < 1.29 is 4.79 Å². The molecule has 0 unspecified atom stereocenters. The van der Waals surface area contributed by atoms with E-state index in [2.05, 4.69) is 20.5 Å². The van der Waals surface area contributed by atoms with Crippen molar-refractivity contribution >= 4 is 16.8 Å². The van der Waals surface area contributed by atoms with Gasteiger partial charge in [-0.25, -0.2) is 0 Å². The van der Waals surface area contributed by atoms with Crippen LogP contribution in [0.5, 0.6) is 0 Å². The molecule has 0 saturated heterocycles. The molecule has 0 aliphatic heterocycles. The van der Waals surface area contributed by atoms with E-state index in [1.165, 1.54) is 0 Å². The van der Waals surface area contributed by atoms with Gasteiger partial charge in [-0.15, -0.1) is 10.2 Å². The van der Waals surface area contributed by atoms with Crippen molar-refractivity contribution in [3.8, 4) is 0 Å². The lowest BCUT2D eigenvalue weighted by atomic mass is 10.1. The number of fused-ring (bicyclic) bond motifs is 1.